The third kappa shape index (κ3) is 3.08. The smallest absolute Gasteiger partial charge is 0.342 e. The van der Waals surface area contributed by atoms with E-state index >= 15 is 0 Å². The van der Waals surface area contributed by atoms with Gasteiger partial charge in [0, 0.05) is 11.1 Å². The van der Waals surface area contributed by atoms with Crippen molar-refractivity contribution in [1.29, 1.82) is 0 Å². The molecule has 0 aliphatic carbocycles. The minimum atomic E-state index is -0.461. The second-order valence-corrected chi connectivity index (χ2v) is 5.67. The molecule has 0 fully saturated rings. The fraction of sp³-hybridized carbons (Fsp3) is 0.278. The van der Waals surface area contributed by atoms with Crippen LogP contribution in [0.25, 0.3) is 11.4 Å². The molecule has 0 bridgehead atoms. The van der Waals surface area contributed by atoms with Gasteiger partial charge in [0.1, 0.15) is 17.1 Å². The molecule has 0 amide bonds. The second kappa shape index (κ2) is 6.31. The molecule has 0 radical (unpaired) electrons. The van der Waals surface area contributed by atoms with Gasteiger partial charge in [-0.2, -0.15) is 4.98 Å². The number of ether oxygens (including phenoxy) is 1. The Morgan fingerprint density at radius 2 is 1.79 bits per heavy atom. The number of nitrogens with zero attached hydrogens (tertiary/aromatic N) is 2. The van der Waals surface area contributed by atoms with Gasteiger partial charge in [0.25, 0.3) is 5.89 Å². The average molecular weight is 326 g/mol. The van der Waals surface area contributed by atoms with Crippen molar-refractivity contribution in [2.75, 3.05) is 0 Å². The number of aryl methyl sites for hydroxylation is 3. The number of hydrogen-bond donors (Lipinski definition) is 0. The van der Waals surface area contributed by atoms with Crippen LogP contribution in [0.4, 0.5) is 0 Å². The molecule has 0 aliphatic rings. The molecule has 0 atom stereocenters. The van der Waals surface area contributed by atoms with Crippen LogP contribution < -0.4 is 0 Å². The molecule has 0 unspecified atom stereocenters. The number of carbonyl (C=O) groups is 1. The molecule has 0 saturated carbocycles. The van der Waals surface area contributed by atoms with Crippen LogP contribution in [0.1, 0.15) is 38.9 Å². The summed E-state index contributed by atoms with van der Waals surface area (Å²) in [5.74, 6) is 1.50. The Bertz CT molecular complexity index is 875. The Morgan fingerprint density at radius 1 is 1.08 bits per heavy atom. The second-order valence-electron chi connectivity index (χ2n) is 5.67. The number of carbonyl (C=O) groups excluding carboxylic acids is 1. The van der Waals surface area contributed by atoms with Crippen molar-refractivity contribution in [3.05, 3.63) is 58.4 Å². The number of furan rings is 1. The minimum Gasteiger partial charge on any atom is -0.465 e. The van der Waals surface area contributed by atoms with Crippen LogP contribution in [0.15, 0.2) is 33.2 Å². The number of aromatic nitrogens is 2. The van der Waals surface area contributed by atoms with E-state index in [-0.39, 0.29) is 12.5 Å². The average Bonchev–Trinajstić information content (AvgIpc) is 3.11. The first-order valence-corrected chi connectivity index (χ1v) is 7.59. The highest BCUT2D eigenvalue weighted by Crippen LogP contribution is 2.22. The lowest BCUT2D eigenvalue weighted by molar-refractivity contribution is 0.0427. The molecule has 124 valence electrons. The van der Waals surface area contributed by atoms with Crippen molar-refractivity contribution in [1.82, 2.24) is 10.1 Å². The van der Waals surface area contributed by atoms with Gasteiger partial charge in [-0.3, -0.25) is 0 Å². The van der Waals surface area contributed by atoms with Crippen molar-refractivity contribution in [2.24, 2.45) is 0 Å². The van der Waals surface area contributed by atoms with Gasteiger partial charge in [0.05, 0.1) is 0 Å². The van der Waals surface area contributed by atoms with Crippen molar-refractivity contribution >= 4 is 5.97 Å². The summed E-state index contributed by atoms with van der Waals surface area (Å²) in [6.07, 6.45) is 0. The molecule has 3 aromatic rings. The van der Waals surface area contributed by atoms with Gasteiger partial charge >= 0.3 is 5.97 Å². The highest BCUT2D eigenvalue weighted by molar-refractivity contribution is 5.92. The Balaban J connectivity index is 1.69. The van der Waals surface area contributed by atoms with Crippen molar-refractivity contribution in [2.45, 2.75) is 34.3 Å². The zero-order valence-electron chi connectivity index (χ0n) is 14.0. The number of rotatable bonds is 4. The first-order chi connectivity index (χ1) is 11.5. The SMILES string of the molecule is Cc1ccc(-c2noc(COC(=O)c3c(C)oc(C)c3C)n2)cc1. The van der Waals surface area contributed by atoms with Gasteiger partial charge in [-0.1, -0.05) is 35.0 Å². The van der Waals surface area contributed by atoms with E-state index in [2.05, 4.69) is 10.1 Å². The highest BCUT2D eigenvalue weighted by atomic mass is 16.6. The monoisotopic (exact) mass is 326 g/mol. The zero-order chi connectivity index (χ0) is 17.3. The molecule has 3 rings (SSSR count). The predicted octanol–water partition coefficient (Wildman–Crippen LogP) is 3.92. The van der Waals surface area contributed by atoms with E-state index in [9.17, 15) is 4.79 Å². The van der Waals surface area contributed by atoms with E-state index in [4.69, 9.17) is 13.7 Å². The Labute approximate surface area is 139 Å². The molecule has 0 saturated heterocycles. The van der Waals surface area contributed by atoms with Crippen LogP contribution in [-0.2, 0) is 11.3 Å². The topological polar surface area (TPSA) is 78.4 Å². The Hall–Kier alpha value is -2.89. The van der Waals surface area contributed by atoms with Crippen LogP contribution >= 0.6 is 0 Å². The maximum absolute atomic E-state index is 12.2. The van der Waals surface area contributed by atoms with Crippen molar-refractivity contribution in [3.8, 4) is 11.4 Å². The summed E-state index contributed by atoms with van der Waals surface area (Å²) in [5, 5.41) is 3.91. The first kappa shape index (κ1) is 16.0. The largest absolute Gasteiger partial charge is 0.465 e. The molecule has 2 heterocycles. The lowest BCUT2D eigenvalue weighted by atomic mass is 10.1. The highest BCUT2D eigenvalue weighted by Gasteiger charge is 2.21. The molecule has 0 aliphatic heterocycles. The van der Waals surface area contributed by atoms with Gasteiger partial charge in [0.15, 0.2) is 6.61 Å². The van der Waals surface area contributed by atoms with Crippen LogP contribution in [0, 0.1) is 27.7 Å². The normalized spacial score (nSPS) is 10.8. The zero-order valence-corrected chi connectivity index (χ0v) is 14.0. The molecule has 6 heteroatoms. The van der Waals surface area contributed by atoms with Crippen LogP contribution in [0.2, 0.25) is 0 Å². The van der Waals surface area contributed by atoms with Gasteiger partial charge in [-0.15, -0.1) is 0 Å². The Morgan fingerprint density at radius 3 is 2.42 bits per heavy atom. The van der Waals surface area contributed by atoms with E-state index in [0.29, 0.717) is 22.9 Å². The third-order valence-corrected chi connectivity index (χ3v) is 3.87. The molecule has 0 N–H and O–H groups in total. The fourth-order valence-electron chi connectivity index (χ4n) is 2.43. The van der Waals surface area contributed by atoms with E-state index in [1.807, 2.05) is 45.0 Å². The van der Waals surface area contributed by atoms with Crippen LogP contribution in [-0.4, -0.2) is 16.1 Å². The maximum atomic E-state index is 12.2. The number of hydrogen-bond acceptors (Lipinski definition) is 6. The summed E-state index contributed by atoms with van der Waals surface area (Å²) in [6.45, 7) is 7.29. The summed E-state index contributed by atoms with van der Waals surface area (Å²) < 4.78 is 15.8. The lowest BCUT2D eigenvalue weighted by Crippen LogP contribution is -2.07. The molecule has 24 heavy (non-hydrogen) atoms. The first-order valence-electron chi connectivity index (χ1n) is 7.59. The summed E-state index contributed by atoms with van der Waals surface area (Å²) >= 11 is 0. The maximum Gasteiger partial charge on any atom is 0.342 e. The number of esters is 1. The van der Waals surface area contributed by atoms with Gasteiger partial charge in [-0.05, 0) is 27.7 Å². The molecule has 0 spiro atoms. The summed E-state index contributed by atoms with van der Waals surface area (Å²) in [5.41, 5.74) is 3.23. The molecular formula is C18H18N2O4. The quantitative estimate of drug-likeness (QED) is 0.676. The fourth-order valence-corrected chi connectivity index (χ4v) is 2.43. The van der Waals surface area contributed by atoms with Crippen LogP contribution in [0.5, 0.6) is 0 Å². The van der Waals surface area contributed by atoms with Crippen molar-refractivity contribution < 1.29 is 18.5 Å². The van der Waals surface area contributed by atoms with E-state index < -0.39 is 5.97 Å². The van der Waals surface area contributed by atoms with E-state index in [0.717, 1.165) is 16.7 Å². The Kier molecular flexibility index (Phi) is 4.20. The predicted molar refractivity (Wildman–Crippen MR) is 86.5 cm³/mol. The summed E-state index contributed by atoms with van der Waals surface area (Å²) in [7, 11) is 0. The van der Waals surface area contributed by atoms with E-state index in [1.165, 1.54) is 0 Å². The summed E-state index contributed by atoms with van der Waals surface area (Å²) in [4.78, 5) is 16.5. The standard InChI is InChI=1S/C18H18N2O4/c1-10-5-7-14(8-6-10)17-19-15(24-20-17)9-22-18(21)16-11(2)12(3)23-13(16)4/h5-8H,9H2,1-4H3. The van der Waals surface area contributed by atoms with Crippen LogP contribution in [0.3, 0.4) is 0 Å². The van der Waals surface area contributed by atoms with Crippen molar-refractivity contribution in [3.63, 3.8) is 0 Å². The summed E-state index contributed by atoms with van der Waals surface area (Å²) in [6, 6.07) is 7.77. The molecule has 1 aromatic carbocycles. The third-order valence-electron chi connectivity index (χ3n) is 3.87. The molecule has 6 nitrogen and oxygen atoms in total. The van der Waals surface area contributed by atoms with Gasteiger partial charge in [0.2, 0.25) is 5.82 Å². The molecule has 2 aromatic heterocycles. The lowest BCUT2D eigenvalue weighted by Gasteiger charge is -2.01. The number of benzene rings is 1. The van der Waals surface area contributed by atoms with Gasteiger partial charge < -0.3 is 13.7 Å². The molecular weight excluding hydrogens is 308 g/mol. The van der Waals surface area contributed by atoms with E-state index in [1.54, 1.807) is 6.92 Å². The minimum absolute atomic E-state index is 0.0825. The van der Waals surface area contributed by atoms with Gasteiger partial charge in [-0.25, -0.2) is 4.79 Å².